The van der Waals surface area contributed by atoms with Crippen LogP contribution in [0, 0.1) is 5.41 Å². The fraction of sp³-hybridized carbons (Fsp3) is 0.667. The van der Waals surface area contributed by atoms with Gasteiger partial charge in [-0.25, -0.2) is 0 Å². The standard InChI is InChI=1S/C18H27N5OS/c1-14(17-20-16(21-24-17)15-4-3-11-25-15)23-9-7-22(8-10-23)13-18(2)5-6-19-12-18/h3-4,11,14,19H,5-10,12-13H2,1-2H3. The van der Waals surface area contributed by atoms with E-state index in [0.29, 0.717) is 11.2 Å². The van der Waals surface area contributed by atoms with E-state index in [4.69, 9.17) is 4.52 Å². The topological polar surface area (TPSA) is 57.4 Å². The summed E-state index contributed by atoms with van der Waals surface area (Å²) in [7, 11) is 0. The lowest BCUT2D eigenvalue weighted by atomic mass is 9.89. The van der Waals surface area contributed by atoms with Gasteiger partial charge in [-0.3, -0.25) is 4.90 Å². The van der Waals surface area contributed by atoms with Crippen molar-refractivity contribution in [1.82, 2.24) is 25.3 Å². The zero-order chi connectivity index (χ0) is 17.3. The van der Waals surface area contributed by atoms with Gasteiger partial charge in [0.15, 0.2) is 0 Å². The highest BCUT2D eigenvalue weighted by atomic mass is 32.1. The van der Waals surface area contributed by atoms with Crippen LogP contribution in [0.3, 0.4) is 0 Å². The molecule has 2 aliphatic heterocycles. The molecule has 2 aromatic rings. The first kappa shape index (κ1) is 17.1. The SMILES string of the molecule is CC(c1nc(-c2cccs2)no1)N1CCN(CC2(C)CCNC2)CC1. The lowest BCUT2D eigenvalue weighted by Gasteiger charge is -2.40. The molecule has 2 aliphatic rings. The van der Waals surface area contributed by atoms with Crippen molar-refractivity contribution in [3.63, 3.8) is 0 Å². The Morgan fingerprint density at radius 3 is 2.88 bits per heavy atom. The summed E-state index contributed by atoms with van der Waals surface area (Å²) >= 11 is 1.64. The van der Waals surface area contributed by atoms with Crippen LogP contribution < -0.4 is 5.32 Å². The molecule has 6 nitrogen and oxygen atoms in total. The molecule has 2 aromatic heterocycles. The number of thiophene rings is 1. The Hall–Kier alpha value is -1.28. The van der Waals surface area contributed by atoms with Gasteiger partial charge in [-0.2, -0.15) is 4.98 Å². The molecule has 2 saturated heterocycles. The zero-order valence-electron chi connectivity index (χ0n) is 15.1. The molecule has 4 rings (SSSR count). The highest BCUT2D eigenvalue weighted by Gasteiger charge is 2.33. The Labute approximate surface area is 153 Å². The molecule has 0 spiro atoms. The van der Waals surface area contributed by atoms with E-state index in [1.165, 1.54) is 13.0 Å². The monoisotopic (exact) mass is 361 g/mol. The first-order chi connectivity index (χ1) is 12.1. The molecule has 0 radical (unpaired) electrons. The second kappa shape index (κ2) is 7.15. The summed E-state index contributed by atoms with van der Waals surface area (Å²) in [5.74, 6) is 1.43. The third-order valence-corrected chi connectivity index (χ3v) is 6.42. The molecule has 4 heterocycles. The highest BCUT2D eigenvalue weighted by molar-refractivity contribution is 7.13. The number of aromatic nitrogens is 2. The average molecular weight is 362 g/mol. The third-order valence-electron chi connectivity index (χ3n) is 5.56. The quantitative estimate of drug-likeness (QED) is 0.883. The Bertz CT molecular complexity index is 671. The molecule has 0 bridgehead atoms. The summed E-state index contributed by atoms with van der Waals surface area (Å²) in [6.07, 6.45) is 1.29. The number of hydrogen-bond donors (Lipinski definition) is 1. The first-order valence-electron chi connectivity index (χ1n) is 9.18. The van der Waals surface area contributed by atoms with Crippen LogP contribution in [-0.2, 0) is 0 Å². The molecule has 25 heavy (non-hydrogen) atoms. The number of rotatable bonds is 5. The van der Waals surface area contributed by atoms with Gasteiger partial charge >= 0.3 is 0 Å². The van der Waals surface area contributed by atoms with Crippen molar-refractivity contribution in [2.45, 2.75) is 26.3 Å². The molecule has 0 aromatic carbocycles. The zero-order valence-corrected chi connectivity index (χ0v) is 15.9. The number of nitrogens with one attached hydrogen (secondary N) is 1. The van der Waals surface area contributed by atoms with E-state index in [1.807, 2.05) is 17.5 Å². The van der Waals surface area contributed by atoms with E-state index >= 15 is 0 Å². The largest absolute Gasteiger partial charge is 0.337 e. The van der Waals surface area contributed by atoms with Crippen molar-refractivity contribution >= 4 is 11.3 Å². The predicted molar refractivity (Wildman–Crippen MR) is 99.6 cm³/mol. The smallest absolute Gasteiger partial charge is 0.244 e. The molecular weight excluding hydrogens is 334 g/mol. The number of piperazine rings is 1. The van der Waals surface area contributed by atoms with Crippen LogP contribution in [0.1, 0.15) is 32.2 Å². The van der Waals surface area contributed by atoms with Gasteiger partial charge in [-0.15, -0.1) is 11.3 Å². The van der Waals surface area contributed by atoms with Gasteiger partial charge in [0, 0.05) is 39.3 Å². The number of hydrogen-bond acceptors (Lipinski definition) is 7. The predicted octanol–water partition coefficient (Wildman–Crippen LogP) is 2.48. The molecule has 0 saturated carbocycles. The van der Waals surface area contributed by atoms with Crippen LogP contribution in [0.2, 0.25) is 0 Å². The van der Waals surface area contributed by atoms with Gasteiger partial charge in [-0.05, 0) is 36.8 Å². The average Bonchev–Trinajstić information content (AvgIpc) is 3.36. The maximum atomic E-state index is 5.54. The third kappa shape index (κ3) is 3.79. The summed E-state index contributed by atoms with van der Waals surface area (Å²) in [6, 6.07) is 4.22. The van der Waals surface area contributed by atoms with Crippen molar-refractivity contribution < 1.29 is 4.52 Å². The van der Waals surface area contributed by atoms with Gasteiger partial charge in [0.1, 0.15) is 0 Å². The first-order valence-corrected chi connectivity index (χ1v) is 10.1. The molecule has 7 heteroatoms. The molecule has 2 unspecified atom stereocenters. The van der Waals surface area contributed by atoms with Crippen molar-refractivity contribution in [3.05, 3.63) is 23.4 Å². The Morgan fingerprint density at radius 1 is 1.36 bits per heavy atom. The Morgan fingerprint density at radius 2 is 2.20 bits per heavy atom. The van der Waals surface area contributed by atoms with Crippen LogP contribution in [0.15, 0.2) is 22.0 Å². The van der Waals surface area contributed by atoms with Crippen molar-refractivity contribution in [1.29, 1.82) is 0 Å². The summed E-state index contributed by atoms with van der Waals surface area (Å²) in [5.41, 5.74) is 0.440. The second-order valence-electron chi connectivity index (χ2n) is 7.66. The molecule has 0 amide bonds. The minimum Gasteiger partial charge on any atom is -0.337 e. The van der Waals surface area contributed by atoms with Gasteiger partial charge in [0.2, 0.25) is 11.7 Å². The minimum atomic E-state index is 0.173. The van der Waals surface area contributed by atoms with Crippen LogP contribution in [-0.4, -0.2) is 65.8 Å². The Kier molecular flexibility index (Phi) is 4.90. The van der Waals surface area contributed by atoms with E-state index in [-0.39, 0.29) is 6.04 Å². The molecular formula is C18H27N5OS. The lowest BCUT2D eigenvalue weighted by Crippen LogP contribution is -2.50. The summed E-state index contributed by atoms with van der Waals surface area (Å²) in [5, 5.41) is 9.68. The lowest BCUT2D eigenvalue weighted by molar-refractivity contribution is 0.0665. The minimum absolute atomic E-state index is 0.173. The highest BCUT2D eigenvalue weighted by Crippen LogP contribution is 2.28. The van der Waals surface area contributed by atoms with E-state index < -0.39 is 0 Å². The normalized spacial score (nSPS) is 27.0. The van der Waals surface area contributed by atoms with E-state index in [1.54, 1.807) is 11.3 Å². The van der Waals surface area contributed by atoms with E-state index in [9.17, 15) is 0 Å². The molecule has 0 aliphatic carbocycles. The summed E-state index contributed by atoms with van der Waals surface area (Å²) in [6.45, 7) is 12.4. The molecule has 136 valence electrons. The summed E-state index contributed by atoms with van der Waals surface area (Å²) in [4.78, 5) is 10.7. The summed E-state index contributed by atoms with van der Waals surface area (Å²) < 4.78 is 5.54. The van der Waals surface area contributed by atoms with Crippen LogP contribution in [0.5, 0.6) is 0 Å². The molecule has 2 atom stereocenters. The van der Waals surface area contributed by atoms with Crippen LogP contribution in [0.25, 0.3) is 10.7 Å². The number of nitrogens with zero attached hydrogens (tertiary/aromatic N) is 4. The van der Waals surface area contributed by atoms with Crippen LogP contribution >= 0.6 is 11.3 Å². The maximum absolute atomic E-state index is 5.54. The van der Waals surface area contributed by atoms with E-state index in [2.05, 4.69) is 39.1 Å². The molecule has 2 fully saturated rings. The van der Waals surface area contributed by atoms with Gasteiger partial charge < -0.3 is 14.7 Å². The van der Waals surface area contributed by atoms with Crippen molar-refractivity contribution in [3.8, 4) is 10.7 Å². The van der Waals surface area contributed by atoms with E-state index in [0.717, 1.165) is 50.0 Å². The Balaban J connectivity index is 1.33. The van der Waals surface area contributed by atoms with Crippen molar-refractivity contribution in [2.24, 2.45) is 5.41 Å². The van der Waals surface area contributed by atoms with Crippen molar-refractivity contribution in [2.75, 3.05) is 45.8 Å². The molecule has 1 N–H and O–H groups in total. The second-order valence-corrected chi connectivity index (χ2v) is 8.61. The van der Waals surface area contributed by atoms with Gasteiger partial charge in [0.25, 0.3) is 0 Å². The maximum Gasteiger partial charge on any atom is 0.244 e. The fourth-order valence-corrected chi connectivity index (χ4v) is 4.57. The fourth-order valence-electron chi connectivity index (χ4n) is 3.92. The van der Waals surface area contributed by atoms with Gasteiger partial charge in [-0.1, -0.05) is 18.1 Å². The van der Waals surface area contributed by atoms with Gasteiger partial charge in [0.05, 0.1) is 10.9 Å². The van der Waals surface area contributed by atoms with Crippen LogP contribution in [0.4, 0.5) is 0 Å².